The van der Waals surface area contributed by atoms with Crippen molar-refractivity contribution in [1.82, 2.24) is 5.32 Å². The van der Waals surface area contributed by atoms with E-state index in [1.54, 1.807) is 6.92 Å². The van der Waals surface area contributed by atoms with Gasteiger partial charge in [-0.2, -0.15) is 0 Å². The van der Waals surface area contributed by atoms with Crippen LogP contribution in [0.5, 0.6) is 0 Å². The Morgan fingerprint density at radius 1 is 1.11 bits per heavy atom. The van der Waals surface area contributed by atoms with Crippen LogP contribution in [0.15, 0.2) is 42.5 Å². The zero-order chi connectivity index (χ0) is 20.1. The number of benzene rings is 2. The van der Waals surface area contributed by atoms with Gasteiger partial charge in [0.1, 0.15) is 0 Å². The van der Waals surface area contributed by atoms with E-state index in [2.05, 4.69) is 15.5 Å². The first-order valence-corrected chi connectivity index (χ1v) is 9.12. The second-order valence-corrected chi connectivity index (χ2v) is 6.73. The number of anilines is 2. The van der Waals surface area contributed by atoms with Gasteiger partial charge in [-0.05, 0) is 50.1 Å². The number of hydrogen-bond donors (Lipinski definition) is 2. The van der Waals surface area contributed by atoms with Crippen molar-refractivity contribution < 1.29 is 14.5 Å². The minimum atomic E-state index is -0.539. The van der Waals surface area contributed by atoms with Crippen molar-refractivity contribution in [2.24, 2.45) is 0 Å². The molecule has 2 amide bonds. The number of carbonyl (C=O) groups is 2. The van der Waals surface area contributed by atoms with Gasteiger partial charge in [-0.1, -0.05) is 6.07 Å². The molecule has 8 nitrogen and oxygen atoms in total. The Morgan fingerprint density at radius 2 is 1.79 bits per heavy atom. The van der Waals surface area contributed by atoms with Crippen molar-refractivity contribution in [3.05, 3.63) is 63.7 Å². The predicted octanol–water partition coefficient (Wildman–Crippen LogP) is 2.87. The number of rotatable bonds is 6. The molecule has 0 spiro atoms. The quantitative estimate of drug-likeness (QED) is 0.590. The van der Waals surface area contributed by atoms with Gasteiger partial charge in [0, 0.05) is 41.7 Å². The molecular weight excluding hydrogens is 360 g/mol. The summed E-state index contributed by atoms with van der Waals surface area (Å²) in [6, 6.07) is 11.8. The first-order valence-electron chi connectivity index (χ1n) is 9.12. The molecule has 0 saturated carbocycles. The van der Waals surface area contributed by atoms with Crippen LogP contribution in [0.2, 0.25) is 0 Å². The number of hydrogen-bond acceptors (Lipinski definition) is 5. The Labute approximate surface area is 162 Å². The third kappa shape index (κ3) is 4.64. The minimum Gasteiger partial charge on any atom is -0.372 e. The molecule has 146 valence electrons. The smallest absolute Gasteiger partial charge is 0.273 e. The fraction of sp³-hybridized carbons (Fsp3) is 0.300. The molecule has 2 N–H and O–H groups in total. The average Bonchev–Trinajstić information content (AvgIpc) is 3.21. The highest BCUT2D eigenvalue weighted by atomic mass is 16.6. The van der Waals surface area contributed by atoms with Crippen LogP contribution in [0.1, 0.15) is 28.8 Å². The maximum Gasteiger partial charge on any atom is 0.273 e. The lowest BCUT2D eigenvalue weighted by Crippen LogP contribution is -2.32. The van der Waals surface area contributed by atoms with E-state index in [1.807, 2.05) is 24.3 Å². The highest BCUT2D eigenvalue weighted by Crippen LogP contribution is 2.22. The maximum absolute atomic E-state index is 12.2. The fourth-order valence-electron chi connectivity index (χ4n) is 3.15. The van der Waals surface area contributed by atoms with Crippen LogP contribution < -0.4 is 15.5 Å². The Hall–Kier alpha value is -3.42. The van der Waals surface area contributed by atoms with Gasteiger partial charge in [0.05, 0.1) is 11.5 Å². The van der Waals surface area contributed by atoms with Gasteiger partial charge < -0.3 is 15.5 Å². The number of amides is 2. The van der Waals surface area contributed by atoms with Crippen molar-refractivity contribution in [3.8, 4) is 0 Å². The van der Waals surface area contributed by atoms with Gasteiger partial charge in [0.15, 0.2) is 0 Å². The summed E-state index contributed by atoms with van der Waals surface area (Å²) in [6.45, 7) is 3.47. The normalized spacial score (nSPS) is 13.2. The van der Waals surface area contributed by atoms with Gasteiger partial charge in [-0.15, -0.1) is 0 Å². The average molecular weight is 382 g/mol. The van der Waals surface area contributed by atoms with Gasteiger partial charge >= 0.3 is 0 Å². The van der Waals surface area contributed by atoms with Crippen molar-refractivity contribution in [2.45, 2.75) is 19.8 Å². The molecule has 0 unspecified atom stereocenters. The molecule has 0 bridgehead atoms. The van der Waals surface area contributed by atoms with Gasteiger partial charge in [0.25, 0.3) is 11.6 Å². The second kappa shape index (κ2) is 8.51. The molecule has 0 aromatic heterocycles. The Kier molecular flexibility index (Phi) is 5.88. The molecule has 8 heteroatoms. The van der Waals surface area contributed by atoms with Crippen molar-refractivity contribution in [2.75, 3.05) is 29.9 Å². The standard InChI is InChI=1S/C20H22N4O4/c1-14-4-5-15(12-18(14)24(27)28)20(26)21-13-19(25)22-16-6-8-17(9-7-16)23-10-2-3-11-23/h4-9,12H,2-3,10-11,13H2,1H3,(H,21,26)(H,22,25). The highest BCUT2D eigenvalue weighted by molar-refractivity contribution is 5.99. The Bertz CT molecular complexity index is 890. The van der Waals surface area contributed by atoms with E-state index in [4.69, 9.17) is 0 Å². The van der Waals surface area contributed by atoms with Crippen molar-refractivity contribution >= 4 is 28.9 Å². The zero-order valence-electron chi connectivity index (χ0n) is 15.6. The molecule has 3 rings (SSSR count). The summed E-state index contributed by atoms with van der Waals surface area (Å²) in [7, 11) is 0. The largest absolute Gasteiger partial charge is 0.372 e. The fourth-order valence-corrected chi connectivity index (χ4v) is 3.15. The second-order valence-electron chi connectivity index (χ2n) is 6.73. The molecule has 1 saturated heterocycles. The first kappa shape index (κ1) is 19.3. The molecule has 2 aromatic rings. The summed E-state index contributed by atoms with van der Waals surface area (Å²) >= 11 is 0. The van der Waals surface area contributed by atoms with Crippen LogP contribution in [0.3, 0.4) is 0 Å². The topological polar surface area (TPSA) is 105 Å². The third-order valence-electron chi connectivity index (χ3n) is 4.70. The molecule has 0 radical (unpaired) electrons. The SMILES string of the molecule is Cc1ccc(C(=O)NCC(=O)Nc2ccc(N3CCCC3)cc2)cc1[N+](=O)[O-]. The summed E-state index contributed by atoms with van der Waals surface area (Å²) in [4.78, 5) is 37.0. The number of carbonyl (C=O) groups excluding carboxylic acids is 2. The lowest BCUT2D eigenvalue weighted by atomic mass is 10.1. The van der Waals surface area contributed by atoms with Crippen LogP contribution in [-0.2, 0) is 4.79 Å². The number of nitro groups is 1. The summed E-state index contributed by atoms with van der Waals surface area (Å²) in [6.07, 6.45) is 2.39. The van der Waals surface area contributed by atoms with E-state index in [0.29, 0.717) is 11.3 Å². The first-order chi connectivity index (χ1) is 13.4. The predicted molar refractivity (Wildman–Crippen MR) is 107 cm³/mol. The molecule has 2 aromatic carbocycles. The number of nitrogens with zero attached hydrogens (tertiary/aromatic N) is 2. The lowest BCUT2D eigenvalue weighted by Gasteiger charge is -2.17. The number of aryl methyl sites for hydroxylation is 1. The molecule has 28 heavy (non-hydrogen) atoms. The van der Waals surface area contributed by atoms with E-state index in [0.717, 1.165) is 18.8 Å². The molecule has 1 aliphatic rings. The van der Waals surface area contributed by atoms with E-state index >= 15 is 0 Å². The van der Waals surface area contributed by atoms with E-state index < -0.39 is 10.8 Å². The number of nitro benzene ring substituents is 1. The van der Waals surface area contributed by atoms with Crippen molar-refractivity contribution in [1.29, 1.82) is 0 Å². The monoisotopic (exact) mass is 382 g/mol. The molecule has 1 fully saturated rings. The number of nitrogens with one attached hydrogen (secondary N) is 2. The summed E-state index contributed by atoms with van der Waals surface area (Å²) in [5.41, 5.74) is 2.25. The summed E-state index contributed by atoms with van der Waals surface area (Å²) in [5.74, 6) is -0.911. The summed E-state index contributed by atoms with van der Waals surface area (Å²) < 4.78 is 0. The van der Waals surface area contributed by atoms with Crippen molar-refractivity contribution in [3.63, 3.8) is 0 Å². The van der Waals surface area contributed by atoms with Gasteiger partial charge in [-0.3, -0.25) is 19.7 Å². The highest BCUT2D eigenvalue weighted by Gasteiger charge is 2.16. The zero-order valence-corrected chi connectivity index (χ0v) is 15.6. The van der Waals surface area contributed by atoms with Crippen LogP contribution in [-0.4, -0.2) is 36.4 Å². The Balaban J connectivity index is 1.53. The van der Waals surface area contributed by atoms with Crippen LogP contribution in [0, 0.1) is 17.0 Å². The van der Waals surface area contributed by atoms with Gasteiger partial charge in [0.2, 0.25) is 5.91 Å². The van der Waals surface area contributed by atoms with Crippen LogP contribution in [0.4, 0.5) is 17.1 Å². The Morgan fingerprint density at radius 3 is 2.43 bits per heavy atom. The van der Waals surface area contributed by atoms with Gasteiger partial charge in [-0.25, -0.2) is 0 Å². The van der Waals surface area contributed by atoms with Crippen LogP contribution in [0.25, 0.3) is 0 Å². The molecular formula is C20H22N4O4. The summed E-state index contributed by atoms with van der Waals surface area (Å²) in [5, 5.41) is 16.2. The molecule has 0 atom stereocenters. The molecule has 1 heterocycles. The molecule has 0 aliphatic carbocycles. The van der Waals surface area contributed by atoms with E-state index in [-0.39, 0.29) is 23.7 Å². The van der Waals surface area contributed by atoms with E-state index in [9.17, 15) is 19.7 Å². The van der Waals surface area contributed by atoms with Crippen LogP contribution >= 0.6 is 0 Å². The molecule has 1 aliphatic heterocycles. The van der Waals surface area contributed by atoms with E-state index in [1.165, 1.54) is 31.0 Å². The lowest BCUT2D eigenvalue weighted by molar-refractivity contribution is -0.385. The third-order valence-corrected chi connectivity index (χ3v) is 4.70. The minimum absolute atomic E-state index is 0.129. The maximum atomic E-state index is 12.2.